The van der Waals surface area contributed by atoms with Crippen LogP contribution in [0.2, 0.25) is 0 Å². The highest BCUT2D eigenvalue weighted by Crippen LogP contribution is 2.35. The number of fused-ring (bicyclic) bond motifs is 1. The lowest BCUT2D eigenvalue weighted by molar-refractivity contribution is -0.0554. The highest BCUT2D eigenvalue weighted by molar-refractivity contribution is 7.98. The predicted molar refractivity (Wildman–Crippen MR) is 124 cm³/mol. The second-order valence-corrected chi connectivity index (χ2v) is 9.66. The largest absolute Gasteiger partial charge is 0.494 e. The van der Waals surface area contributed by atoms with Crippen LogP contribution in [0.3, 0.4) is 0 Å². The summed E-state index contributed by atoms with van der Waals surface area (Å²) in [6, 6.07) is 15.4. The zero-order chi connectivity index (χ0) is 21.8. The second-order valence-electron chi connectivity index (χ2n) is 8.78. The fourth-order valence-electron chi connectivity index (χ4n) is 4.62. The Morgan fingerprint density at radius 3 is 2.55 bits per heavy atom. The van der Waals surface area contributed by atoms with Gasteiger partial charge in [0.05, 0.1) is 6.61 Å². The number of piperidine rings is 1. The summed E-state index contributed by atoms with van der Waals surface area (Å²) in [4.78, 5) is 5.77. The molecule has 2 heterocycles. The van der Waals surface area contributed by atoms with Crippen molar-refractivity contribution < 1.29 is 13.5 Å². The Hall–Kier alpha value is -1.63. The number of alkyl halides is 2. The van der Waals surface area contributed by atoms with Gasteiger partial charge in [-0.2, -0.15) is 0 Å². The van der Waals surface area contributed by atoms with E-state index in [2.05, 4.69) is 65.6 Å². The molecule has 0 saturated carbocycles. The van der Waals surface area contributed by atoms with Crippen molar-refractivity contribution in [3.8, 4) is 5.75 Å². The van der Waals surface area contributed by atoms with Gasteiger partial charge >= 0.3 is 0 Å². The van der Waals surface area contributed by atoms with E-state index in [-0.39, 0.29) is 12.8 Å². The van der Waals surface area contributed by atoms with Crippen molar-refractivity contribution in [1.29, 1.82) is 0 Å². The first-order chi connectivity index (χ1) is 14.9. The molecule has 0 N–H and O–H groups in total. The minimum absolute atomic E-state index is 0.0205. The molecule has 2 aliphatic rings. The topological polar surface area (TPSA) is 15.7 Å². The molecule has 1 fully saturated rings. The van der Waals surface area contributed by atoms with Crippen LogP contribution < -0.4 is 4.74 Å². The van der Waals surface area contributed by atoms with Gasteiger partial charge in [-0.05, 0) is 60.7 Å². The molecule has 2 aromatic carbocycles. The molecule has 4 rings (SSSR count). The number of nitrogens with zero attached hydrogens (tertiary/aromatic N) is 2. The lowest BCUT2D eigenvalue weighted by atomic mass is 9.85. The third-order valence-corrected chi connectivity index (χ3v) is 7.16. The number of thioether (sulfide) groups is 1. The third kappa shape index (κ3) is 5.79. The van der Waals surface area contributed by atoms with Crippen molar-refractivity contribution in [3.05, 3.63) is 59.2 Å². The number of benzene rings is 2. The molecule has 168 valence electrons. The van der Waals surface area contributed by atoms with Gasteiger partial charge in [0.1, 0.15) is 5.75 Å². The Balaban J connectivity index is 1.34. The van der Waals surface area contributed by atoms with Crippen LogP contribution in [0, 0.1) is 0 Å². The number of rotatable bonds is 7. The van der Waals surface area contributed by atoms with Gasteiger partial charge in [0, 0.05) is 56.4 Å². The van der Waals surface area contributed by atoms with Gasteiger partial charge in [-0.1, -0.05) is 18.2 Å². The summed E-state index contributed by atoms with van der Waals surface area (Å²) >= 11 is 1.77. The molecular weight excluding hydrogens is 414 g/mol. The summed E-state index contributed by atoms with van der Waals surface area (Å²) in [7, 11) is 2.17. The third-order valence-electron chi connectivity index (χ3n) is 6.42. The SMILES string of the molecule is CSc1ccc(C2CN(C)Cc3cc(OCCCN4CCC(F)(F)CC4)ccc32)cc1. The van der Waals surface area contributed by atoms with E-state index in [4.69, 9.17) is 4.74 Å². The number of halogens is 2. The monoisotopic (exact) mass is 446 g/mol. The average Bonchev–Trinajstić information content (AvgIpc) is 2.77. The number of hydrogen-bond donors (Lipinski definition) is 0. The van der Waals surface area contributed by atoms with E-state index in [1.54, 1.807) is 11.8 Å². The maximum atomic E-state index is 13.3. The number of likely N-dealkylation sites (N-methyl/N-ethyl adjacent to an activating group) is 1. The second kappa shape index (κ2) is 9.88. The fraction of sp³-hybridized carbons (Fsp3) is 0.520. The first-order valence-corrected chi connectivity index (χ1v) is 12.3. The first kappa shape index (κ1) is 22.6. The highest BCUT2D eigenvalue weighted by Gasteiger charge is 2.33. The summed E-state index contributed by atoms with van der Waals surface area (Å²) in [6.07, 6.45) is 2.92. The molecule has 0 bridgehead atoms. The zero-order valence-corrected chi connectivity index (χ0v) is 19.3. The van der Waals surface area contributed by atoms with Gasteiger partial charge < -0.3 is 14.5 Å². The van der Waals surface area contributed by atoms with E-state index < -0.39 is 5.92 Å². The highest BCUT2D eigenvalue weighted by atomic mass is 32.2. The van der Waals surface area contributed by atoms with Crippen LogP contribution in [0.15, 0.2) is 47.4 Å². The molecule has 2 aliphatic heterocycles. The van der Waals surface area contributed by atoms with Gasteiger partial charge in [0.15, 0.2) is 0 Å². The van der Waals surface area contributed by atoms with E-state index >= 15 is 0 Å². The van der Waals surface area contributed by atoms with Crippen LogP contribution in [0.4, 0.5) is 8.78 Å². The minimum atomic E-state index is -2.47. The summed E-state index contributed by atoms with van der Waals surface area (Å²) in [5.74, 6) is -1.20. The van der Waals surface area contributed by atoms with Crippen molar-refractivity contribution in [2.75, 3.05) is 46.1 Å². The molecule has 6 heteroatoms. The number of hydrogen-bond acceptors (Lipinski definition) is 4. The summed E-state index contributed by atoms with van der Waals surface area (Å²) < 4.78 is 32.5. The van der Waals surface area contributed by atoms with E-state index in [1.807, 2.05) is 0 Å². The first-order valence-electron chi connectivity index (χ1n) is 11.1. The summed E-state index contributed by atoms with van der Waals surface area (Å²) in [6.45, 7) is 4.34. The van der Waals surface area contributed by atoms with Crippen molar-refractivity contribution >= 4 is 11.8 Å². The smallest absolute Gasteiger partial charge is 0.250 e. The van der Waals surface area contributed by atoms with Gasteiger partial charge in [-0.15, -0.1) is 11.8 Å². The van der Waals surface area contributed by atoms with E-state index in [9.17, 15) is 8.78 Å². The Morgan fingerprint density at radius 1 is 1.10 bits per heavy atom. The van der Waals surface area contributed by atoms with Crippen LogP contribution in [0.25, 0.3) is 0 Å². The van der Waals surface area contributed by atoms with Crippen LogP contribution in [0.1, 0.15) is 41.9 Å². The van der Waals surface area contributed by atoms with Crippen molar-refractivity contribution in [2.45, 2.75) is 42.5 Å². The Bertz CT molecular complexity index is 864. The average molecular weight is 447 g/mol. The normalized spacial score (nSPS) is 21.6. The lowest BCUT2D eigenvalue weighted by Gasteiger charge is -2.33. The molecule has 3 nitrogen and oxygen atoms in total. The van der Waals surface area contributed by atoms with Crippen LogP contribution in [-0.2, 0) is 6.54 Å². The van der Waals surface area contributed by atoms with E-state index in [0.717, 1.165) is 31.8 Å². The predicted octanol–water partition coefficient (Wildman–Crippen LogP) is 5.49. The van der Waals surface area contributed by atoms with Crippen LogP contribution in [0.5, 0.6) is 5.75 Å². The van der Waals surface area contributed by atoms with Gasteiger partial charge in [0.2, 0.25) is 0 Å². The maximum absolute atomic E-state index is 13.3. The molecule has 1 atom stereocenters. The molecule has 0 amide bonds. The van der Waals surface area contributed by atoms with Gasteiger partial charge in [-0.3, -0.25) is 0 Å². The quantitative estimate of drug-likeness (QED) is 0.413. The van der Waals surface area contributed by atoms with Crippen molar-refractivity contribution in [2.24, 2.45) is 0 Å². The fourth-order valence-corrected chi connectivity index (χ4v) is 5.03. The Labute approximate surface area is 188 Å². The Morgan fingerprint density at radius 2 is 1.84 bits per heavy atom. The zero-order valence-electron chi connectivity index (χ0n) is 18.4. The van der Waals surface area contributed by atoms with Crippen molar-refractivity contribution in [1.82, 2.24) is 9.80 Å². The minimum Gasteiger partial charge on any atom is -0.494 e. The maximum Gasteiger partial charge on any atom is 0.250 e. The standard InChI is InChI=1S/C25H32F2N2OS/c1-28-17-20-16-21(30-15-3-12-29-13-10-25(26,27)11-14-29)6-9-23(20)24(18-28)19-4-7-22(31-2)8-5-19/h4-9,16,24H,3,10-15,17-18H2,1-2H3. The number of likely N-dealkylation sites (tertiary alicyclic amines) is 1. The molecule has 2 aromatic rings. The van der Waals surface area contributed by atoms with E-state index in [0.29, 0.717) is 25.6 Å². The van der Waals surface area contributed by atoms with Crippen molar-refractivity contribution in [3.63, 3.8) is 0 Å². The molecular formula is C25H32F2N2OS. The molecule has 0 aliphatic carbocycles. The van der Waals surface area contributed by atoms with Crippen LogP contribution >= 0.6 is 11.8 Å². The molecule has 1 unspecified atom stereocenters. The summed E-state index contributed by atoms with van der Waals surface area (Å²) in [5.41, 5.74) is 4.06. The molecule has 0 radical (unpaired) electrons. The molecule has 1 saturated heterocycles. The molecule has 0 spiro atoms. The van der Waals surface area contributed by atoms with Gasteiger partial charge in [0.25, 0.3) is 5.92 Å². The Kier molecular flexibility index (Phi) is 7.19. The molecule has 31 heavy (non-hydrogen) atoms. The molecule has 0 aromatic heterocycles. The lowest BCUT2D eigenvalue weighted by Crippen LogP contribution is -2.40. The van der Waals surface area contributed by atoms with E-state index in [1.165, 1.54) is 21.6 Å². The van der Waals surface area contributed by atoms with Crippen LogP contribution in [-0.4, -0.2) is 61.8 Å². The summed E-state index contributed by atoms with van der Waals surface area (Å²) in [5, 5.41) is 0. The van der Waals surface area contributed by atoms with Gasteiger partial charge in [-0.25, -0.2) is 8.78 Å². The number of ether oxygens (including phenoxy) is 1.